The number of pyridine rings is 2. The third-order valence-electron chi connectivity index (χ3n) is 12.6. The van der Waals surface area contributed by atoms with Crippen molar-refractivity contribution >= 4 is 41.1 Å². The molecule has 0 atom stereocenters. The molecule has 3 fully saturated rings. The molecule has 2 aromatic heterocycles. The molecule has 0 saturated carbocycles. The van der Waals surface area contributed by atoms with Crippen LogP contribution in [0.25, 0.3) is 22.5 Å². The van der Waals surface area contributed by atoms with E-state index in [0.717, 1.165) is 98.8 Å². The number of nitrogen functional groups attached to an aromatic ring is 2. The number of aromatic nitrogens is 2. The SMILES string of the molecule is Nc1cccc(-c2ccc(CCN3CCC4(CC3)NC(=O)N(Cc3ccccc3)C4=O)cc2)n1.Nc1cccc(-c2ccc(CCN3CCN(C(=O)Cc4ccc(Cl)cc4)CC3)cc2)n1. The predicted octanol–water partition coefficient (Wildman–Crippen LogP) is 7.37. The summed E-state index contributed by atoms with van der Waals surface area (Å²) in [6.07, 6.45) is 3.64. The number of hydrogen-bond acceptors (Lipinski definition) is 9. The van der Waals surface area contributed by atoms with Gasteiger partial charge in [0.2, 0.25) is 5.91 Å². The number of amides is 4. The van der Waals surface area contributed by atoms with Crippen molar-refractivity contribution in [3.63, 3.8) is 0 Å². The summed E-state index contributed by atoms with van der Waals surface area (Å²) in [5.41, 5.74) is 19.2. The zero-order valence-electron chi connectivity index (χ0n) is 36.6. The van der Waals surface area contributed by atoms with Crippen LogP contribution in [0.1, 0.15) is 35.1 Å². The number of carbonyl (C=O) groups excluding carboxylic acids is 3. The molecule has 12 nitrogen and oxygen atoms in total. The largest absolute Gasteiger partial charge is 0.384 e. The van der Waals surface area contributed by atoms with Gasteiger partial charge in [-0.3, -0.25) is 19.4 Å². The maximum absolute atomic E-state index is 13.2. The number of benzene rings is 4. The van der Waals surface area contributed by atoms with Crippen LogP contribution in [-0.4, -0.2) is 105 Å². The number of carbonyl (C=O) groups is 3. The smallest absolute Gasteiger partial charge is 0.325 e. The summed E-state index contributed by atoms with van der Waals surface area (Å²) in [5, 5.41) is 3.70. The Morgan fingerprint density at radius 2 is 1.09 bits per heavy atom. The summed E-state index contributed by atoms with van der Waals surface area (Å²) in [7, 11) is 0. The first-order chi connectivity index (χ1) is 31.6. The molecule has 0 aliphatic carbocycles. The highest BCUT2D eigenvalue weighted by Gasteiger charge is 2.52. The van der Waals surface area contributed by atoms with E-state index in [0.29, 0.717) is 42.5 Å². The summed E-state index contributed by atoms with van der Waals surface area (Å²) in [4.78, 5) is 55.2. The van der Waals surface area contributed by atoms with E-state index in [9.17, 15) is 14.4 Å². The summed E-state index contributed by atoms with van der Waals surface area (Å²) in [6.45, 7) is 7.20. The number of nitrogens with two attached hydrogens (primary N) is 2. The Balaban J connectivity index is 0.000000178. The molecule has 5 N–H and O–H groups in total. The standard InChI is InChI=1S/C27H29N5O2.C25H27ClN4O/c28-24-8-4-7-23(29-24)22-11-9-20(10-12-22)13-16-31-17-14-27(15-18-31)25(33)32(26(34)30-27)19-21-5-2-1-3-6-21;26-22-10-6-20(7-11-22)18-25(31)30-16-14-29(15-17-30)13-12-19-4-8-21(9-5-19)23-2-1-3-24(27)28-23/h1-12H,13-19H2,(H2,28,29)(H,30,34);1-11H,12-18H2,(H2,27,28). The molecule has 4 amide bonds. The maximum atomic E-state index is 13.2. The van der Waals surface area contributed by atoms with Crippen molar-refractivity contribution in [2.75, 3.05) is 63.8 Å². The minimum atomic E-state index is -0.755. The summed E-state index contributed by atoms with van der Waals surface area (Å²) in [6, 6.07) is 45.2. The van der Waals surface area contributed by atoms with Crippen LogP contribution in [0, 0.1) is 0 Å². The number of piperidine rings is 1. The first-order valence-electron chi connectivity index (χ1n) is 22.4. The number of imide groups is 1. The van der Waals surface area contributed by atoms with Gasteiger partial charge in [-0.25, -0.2) is 14.8 Å². The Kier molecular flexibility index (Phi) is 14.5. The van der Waals surface area contributed by atoms with Gasteiger partial charge in [0.25, 0.3) is 5.91 Å². The second-order valence-electron chi connectivity index (χ2n) is 17.0. The van der Waals surface area contributed by atoms with E-state index in [4.69, 9.17) is 23.1 Å². The van der Waals surface area contributed by atoms with Crippen molar-refractivity contribution in [1.82, 2.24) is 34.9 Å². The Hall–Kier alpha value is -6.60. The second-order valence-corrected chi connectivity index (χ2v) is 17.5. The molecule has 0 bridgehead atoms. The first kappa shape index (κ1) is 45.0. The van der Waals surface area contributed by atoms with E-state index in [1.165, 1.54) is 16.0 Å². The molecule has 3 aliphatic rings. The molecule has 13 heteroatoms. The Morgan fingerprint density at radius 1 is 0.585 bits per heavy atom. The monoisotopic (exact) mass is 889 g/mol. The molecule has 0 unspecified atom stereocenters. The summed E-state index contributed by atoms with van der Waals surface area (Å²) in [5.74, 6) is 1.15. The van der Waals surface area contributed by atoms with Crippen LogP contribution >= 0.6 is 11.6 Å². The zero-order chi connectivity index (χ0) is 45.2. The maximum Gasteiger partial charge on any atom is 0.325 e. The fourth-order valence-electron chi connectivity index (χ4n) is 8.68. The average molecular weight is 891 g/mol. The molecule has 1 spiro atoms. The van der Waals surface area contributed by atoms with Crippen LogP contribution < -0.4 is 16.8 Å². The summed E-state index contributed by atoms with van der Waals surface area (Å²) < 4.78 is 0. The van der Waals surface area contributed by atoms with Crippen LogP contribution in [0.15, 0.2) is 140 Å². The van der Waals surface area contributed by atoms with Gasteiger partial charge >= 0.3 is 6.03 Å². The average Bonchev–Trinajstić information content (AvgIpc) is 3.55. The third kappa shape index (κ3) is 11.8. The van der Waals surface area contributed by atoms with Crippen LogP contribution in [0.4, 0.5) is 16.4 Å². The number of nitrogens with one attached hydrogen (secondary N) is 1. The quantitative estimate of drug-likeness (QED) is 0.107. The highest BCUT2D eigenvalue weighted by Crippen LogP contribution is 2.31. The molecule has 0 radical (unpaired) electrons. The van der Waals surface area contributed by atoms with Gasteiger partial charge in [0, 0.05) is 68.5 Å². The molecule has 65 heavy (non-hydrogen) atoms. The van der Waals surface area contributed by atoms with Gasteiger partial charge in [-0.15, -0.1) is 0 Å². The lowest BCUT2D eigenvalue weighted by molar-refractivity contribution is -0.133. The van der Waals surface area contributed by atoms with Gasteiger partial charge in [0.15, 0.2) is 0 Å². The molecule has 3 aliphatic heterocycles. The topological polar surface area (TPSA) is 154 Å². The minimum absolute atomic E-state index is 0.0910. The molecule has 4 aromatic carbocycles. The number of likely N-dealkylation sites (tertiary alicyclic amines) is 1. The van der Waals surface area contributed by atoms with Crippen LogP contribution in [0.2, 0.25) is 5.02 Å². The Morgan fingerprint density at radius 3 is 1.62 bits per heavy atom. The van der Waals surface area contributed by atoms with Gasteiger partial charge in [0.05, 0.1) is 24.4 Å². The van der Waals surface area contributed by atoms with Gasteiger partial charge in [-0.2, -0.15) is 0 Å². The van der Waals surface area contributed by atoms with Crippen molar-refractivity contribution in [3.8, 4) is 22.5 Å². The highest BCUT2D eigenvalue weighted by atomic mass is 35.5. The Labute approximate surface area is 386 Å². The number of piperazine rings is 1. The number of nitrogens with zero attached hydrogens (tertiary/aromatic N) is 6. The second kappa shape index (κ2) is 20.9. The molecule has 5 heterocycles. The summed E-state index contributed by atoms with van der Waals surface area (Å²) >= 11 is 5.92. The van der Waals surface area contributed by atoms with Crippen molar-refractivity contribution in [1.29, 1.82) is 0 Å². The van der Waals surface area contributed by atoms with E-state index >= 15 is 0 Å². The third-order valence-corrected chi connectivity index (χ3v) is 12.9. The molecular weight excluding hydrogens is 834 g/mol. The molecular formula is C52H56ClN9O3. The van der Waals surface area contributed by atoms with Crippen molar-refractivity contribution in [2.24, 2.45) is 0 Å². The van der Waals surface area contributed by atoms with E-state index in [-0.39, 0.29) is 17.8 Å². The van der Waals surface area contributed by atoms with Crippen LogP contribution in [0.5, 0.6) is 0 Å². The number of urea groups is 1. The number of anilines is 2. The molecule has 6 aromatic rings. The lowest BCUT2D eigenvalue weighted by Gasteiger charge is -2.37. The van der Waals surface area contributed by atoms with E-state index in [2.05, 4.69) is 73.6 Å². The molecule has 3 saturated heterocycles. The number of hydrogen-bond donors (Lipinski definition) is 3. The first-order valence-corrected chi connectivity index (χ1v) is 22.8. The molecule has 9 rings (SSSR count). The van der Waals surface area contributed by atoms with Gasteiger partial charge in [-0.1, -0.05) is 115 Å². The number of halogens is 1. The van der Waals surface area contributed by atoms with Gasteiger partial charge in [-0.05, 0) is 84.3 Å². The number of rotatable bonds is 12. The fourth-order valence-corrected chi connectivity index (χ4v) is 8.80. The fraction of sp³-hybridized carbons (Fsp3) is 0.288. The Bertz CT molecular complexity index is 2540. The molecule has 334 valence electrons. The van der Waals surface area contributed by atoms with Gasteiger partial charge in [0.1, 0.15) is 17.2 Å². The van der Waals surface area contributed by atoms with Crippen molar-refractivity contribution in [3.05, 3.63) is 167 Å². The van der Waals surface area contributed by atoms with E-state index in [1.807, 2.05) is 83.8 Å². The lowest BCUT2D eigenvalue weighted by atomic mass is 9.87. The highest BCUT2D eigenvalue weighted by molar-refractivity contribution is 6.30. The lowest BCUT2D eigenvalue weighted by Crippen LogP contribution is -2.55. The van der Waals surface area contributed by atoms with Crippen LogP contribution in [-0.2, 0) is 35.4 Å². The minimum Gasteiger partial charge on any atom is -0.384 e. The van der Waals surface area contributed by atoms with E-state index < -0.39 is 5.54 Å². The van der Waals surface area contributed by atoms with Crippen LogP contribution in [0.3, 0.4) is 0 Å². The van der Waals surface area contributed by atoms with E-state index in [1.54, 1.807) is 12.1 Å². The predicted molar refractivity (Wildman–Crippen MR) is 258 cm³/mol. The zero-order valence-corrected chi connectivity index (χ0v) is 37.4. The van der Waals surface area contributed by atoms with Gasteiger partial charge < -0.3 is 26.6 Å². The van der Waals surface area contributed by atoms with Crippen molar-refractivity contribution in [2.45, 2.75) is 44.2 Å². The van der Waals surface area contributed by atoms with Crippen molar-refractivity contribution < 1.29 is 14.4 Å². The normalized spacial score (nSPS) is 16.3.